The third-order valence-corrected chi connectivity index (χ3v) is 4.48. The summed E-state index contributed by atoms with van der Waals surface area (Å²) in [5.41, 5.74) is 3.50. The zero-order chi connectivity index (χ0) is 15.0. The lowest BCUT2D eigenvalue weighted by atomic mass is 9.98. The Morgan fingerprint density at radius 2 is 1.81 bits per heavy atom. The van der Waals surface area contributed by atoms with E-state index in [9.17, 15) is 17.8 Å². The van der Waals surface area contributed by atoms with E-state index in [-0.39, 0.29) is 17.4 Å². The fourth-order valence-corrected chi connectivity index (χ4v) is 3.26. The molecule has 0 aromatic heterocycles. The summed E-state index contributed by atoms with van der Waals surface area (Å²) in [4.78, 5) is 10.2. The van der Waals surface area contributed by atoms with Crippen LogP contribution in [0, 0.1) is 0 Å². The van der Waals surface area contributed by atoms with Crippen molar-refractivity contribution >= 4 is 16.6 Å². The number of hydrogen-bond donors (Lipinski definition) is 1. The lowest BCUT2D eigenvalue weighted by Gasteiger charge is -2.12. The van der Waals surface area contributed by atoms with Gasteiger partial charge in [0.1, 0.15) is 6.61 Å². The maximum absolute atomic E-state index is 11.3. The molecular weight excluding hydrogens is 292 g/mol. The predicted octanol–water partition coefficient (Wildman–Crippen LogP) is 2.13. The average molecular weight is 303 g/mol. The Kier molecular flexibility index (Phi) is 3.27. The van der Waals surface area contributed by atoms with Gasteiger partial charge in [0.15, 0.2) is 0 Å². The molecule has 0 amide bonds. The summed E-state index contributed by atoms with van der Waals surface area (Å²) in [5.74, 6) is -0.264. The Balaban J connectivity index is 2.18. The predicted molar refractivity (Wildman–Crippen MR) is 75.2 cm³/mol. The molecule has 0 heterocycles. The van der Waals surface area contributed by atoms with Crippen LogP contribution < -0.4 is 0 Å². The first-order chi connectivity index (χ1) is 10.0. The Morgan fingerprint density at radius 3 is 2.52 bits per heavy atom. The molecule has 2 aromatic rings. The summed E-state index contributed by atoms with van der Waals surface area (Å²) in [5, 5.41) is 0. The number of benzene rings is 2. The lowest BCUT2D eigenvalue weighted by molar-refractivity contribution is 0.268. The monoisotopic (exact) mass is 303 g/mol. The minimum absolute atomic E-state index is 0.0719. The second-order valence-electron chi connectivity index (χ2n) is 4.76. The quantitative estimate of drug-likeness (QED) is 0.875. The molecule has 3 rings (SSSR count). The summed E-state index contributed by atoms with van der Waals surface area (Å²) in [7, 11) is -4.27. The Morgan fingerprint density at radius 1 is 1.10 bits per heavy atom. The lowest BCUT2D eigenvalue weighted by Crippen LogP contribution is -2.07. The van der Waals surface area contributed by atoms with E-state index in [0.29, 0.717) is 5.56 Å². The second kappa shape index (κ2) is 4.98. The van der Waals surface area contributed by atoms with Crippen molar-refractivity contribution in [2.45, 2.75) is 10.8 Å². The van der Waals surface area contributed by atoms with Gasteiger partial charge in [-0.1, -0.05) is 30.3 Å². The molecule has 0 saturated carbocycles. The molecule has 107 valence electrons. The van der Waals surface area contributed by atoms with Crippen molar-refractivity contribution < 1.29 is 22.5 Å². The topological polar surface area (TPSA) is 80.7 Å². The maximum Gasteiger partial charge on any atom is 0.417 e. The highest BCUT2D eigenvalue weighted by Crippen LogP contribution is 2.45. The van der Waals surface area contributed by atoms with Crippen LogP contribution in [0.5, 0.6) is 0 Å². The molecule has 1 aliphatic rings. The van der Waals surface area contributed by atoms with Crippen LogP contribution in [-0.4, -0.2) is 26.0 Å². The van der Waals surface area contributed by atoms with Crippen molar-refractivity contribution in [1.82, 2.24) is 0 Å². The van der Waals surface area contributed by atoms with Gasteiger partial charge in [0.05, 0.1) is 4.90 Å². The minimum atomic E-state index is -4.27. The highest BCUT2D eigenvalue weighted by atomic mass is 32.2. The summed E-state index contributed by atoms with van der Waals surface area (Å²) in [6.07, 6.45) is 0. The molecular formula is C15H11O5S. The second-order valence-corrected chi connectivity index (χ2v) is 6.18. The molecule has 0 bridgehead atoms. The van der Waals surface area contributed by atoms with Gasteiger partial charge in [-0.2, -0.15) is 8.42 Å². The molecule has 6 heteroatoms. The number of carbonyl (C=O) groups excluding carboxylic acids is 1. The summed E-state index contributed by atoms with van der Waals surface area (Å²) >= 11 is 0. The first-order valence-corrected chi connectivity index (χ1v) is 7.66. The first kappa shape index (κ1) is 13.8. The van der Waals surface area contributed by atoms with Crippen molar-refractivity contribution in [1.29, 1.82) is 0 Å². The minimum Gasteiger partial charge on any atom is -0.456 e. The molecule has 0 aliphatic heterocycles. The first-order valence-electron chi connectivity index (χ1n) is 6.22. The molecule has 1 N–H and O–H groups in total. The molecule has 0 spiro atoms. The van der Waals surface area contributed by atoms with Crippen LogP contribution in [0.2, 0.25) is 0 Å². The third-order valence-electron chi connectivity index (χ3n) is 3.63. The van der Waals surface area contributed by atoms with E-state index >= 15 is 0 Å². The number of hydrogen-bond acceptors (Lipinski definition) is 4. The summed E-state index contributed by atoms with van der Waals surface area (Å²) in [6.45, 7) is 1.46. The van der Waals surface area contributed by atoms with Gasteiger partial charge in [-0.3, -0.25) is 4.55 Å². The van der Waals surface area contributed by atoms with Gasteiger partial charge in [0.25, 0.3) is 10.1 Å². The Bertz CT molecular complexity index is 811. The summed E-state index contributed by atoms with van der Waals surface area (Å²) in [6, 6.07) is 12.0. The highest BCUT2D eigenvalue weighted by molar-refractivity contribution is 7.85. The standard InChI is InChI=1S/C15H11O5S/c16-9-20-8-15-12-4-2-1-3-11(12)13-6-5-10(7-14(13)15)21(17,18)19/h1-7,15H,8H2,(H,17,18,19). The fraction of sp³-hybridized carbons (Fsp3) is 0.133. The SMILES string of the molecule is O=[C]OCC1c2ccccc2-c2ccc(S(=O)(=O)O)cc21. The van der Waals surface area contributed by atoms with E-state index < -0.39 is 10.1 Å². The number of fused-ring (bicyclic) bond motifs is 3. The van der Waals surface area contributed by atoms with Gasteiger partial charge in [-0.15, -0.1) is 0 Å². The van der Waals surface area contributed by atoms with Crippen LogP contribution in [-0.2, 0) is 19.6 Å². The molecule has 1 aliphatic carbocycles. The molecule has 1 unspecified atom stereocenters. The van der Waals surface area contributed by atoms with Gasteiger partial charge in [0.2, 0.25) is 0 Å². The van der Waals surface area contributed by atoms with Crippen LogP contribution >= 0.6 is 0 Å². The highest BCUT2D eigenvalue weighted by Gasteiger charge is 2.30. The van der Waals surface area contributed by atoms with E-state index in [1.165, 1.54) is 18.6 Å². The molecule has 0 saturated heterocycles. The van der Waals surface area contributed by atoms with Gasteiger partial charge in [-0.25, -0.2) is 4.79 Å². The zero-order valence-electron chi connectivity index (χ0n) is 10.8. The number of ether oxygens (including phenoxy) is 1. The molecule has 1 atom stereocenters. The third kappa shape index (κ3) is 2.32. The Hall–Kier alpha value is -2.18. The van der Waals surface area contributed by atoms with Crippen molar-refractivity contribution in [3.8, 4) is 11.1 Å². The smallest absolute Gasteiger partial charge is 0.417 e. The molecule has 0 fully saturated rings. The van der Waals surface area contributed by atoms with Crippen LogP contribution in [0.3, 0.4) is 0 Å². The van der Waals surface area contributed by atoms with Crippen LogP contribution in [0.1, 0.15) is 17.0 Å². The molecule has 21 heavy (non-hydrogen) atoms. The normalized spacial score (nSPS) is 16.1. The van der Waals surface area contributed by atoms with E-state index in [2.05, 4.69) is 0 Å². The van der Waals surface area contributed by atoms with Crippen molar-refractivity contribution in [3.63, 3.8) is 0 Å². The van der Waals surface area contributed by atoms with Crippen molar-refractivity contribution in [2.24, 2.45) is 0 Å². The molecule has 5 nitrogen and oxygen atoms in total. The fourth-order valence-electron chi connectivity index (χ4n) is 2.75. The van der Waals surface area contributed by atoms with E-state index in [0.717, 1.165) is 16.7 Å². The van der Waals surface area contributed by atoms with Crippen molar-refractivity contribution in [3.05, 3.63) is 53.6 Å². The largest absolute Gasteiger partial charge is 0.456 e. The van der Waals surface area contributed by atoms with E-state index in [1.807, 2.05) is 24.3 Å². The molecule has 2 aromatic carbocycles. The van der Waals surface area contributed by atoms with E-state index in [1.54, 1.807) is 6.07 Å². The average Bonchev–Trinajstić information content (AvgIpc) is 2.77. The summed E-state index contributed by atoms with van der Waals surface area (Å²) < 4.78 is 36.5. The van der Waals surface area contributed by atoms with Gasteiger partial charge in [-0.05, 0) is 34.4 Å². The number of rotatable bonds is 4. The molecule has 1 radical (unpaired) electrons. The van der Waals surface area contributed by atoms with Crippen molar-refractivity contribution in [2.75, 3.05) is 6.61 Å². The van der Waals surface area contributed by atoms with Crippen LogP contribution in [0.25, 0.3) is 11.1 Å². The van der Waals surface area contributed by atoms with E-state index in [4.69, 9.17) is 4.74 Å². The Labute approximate surface area is 121 Å². The van der Waals surface area contributed by atoms with Gasteiger partial charge >= 0.3 is 6.47 Å². The van der Waals surface area contributed by atoms with Gasteiger partial charge in [0, 0.05) is 5.92 Å². The van der Waals surface area contributed by atoms with Gasteiger partial charge < -0.3 is 4.74 Å². The maximum atomic E-state index is 11.3. The zero-order valence-corrected chi connectivity index (χ0v) is 11.6. The van der Waals surface area contributed by atoms with Crippen LogP contribution in [0.15, 0.2) is 47.4 Å². The van der Waals surface area contributed by atoms with Crippen LogP contribution in [0.4, 0.5) is 0 Å².